The van der Waals surface area contributed by atoms with Crippen LogP contribution in [0.25, 0.3) is 0 Å². The topological polar surface area (TPSA) is 24.5 Å². The van der Waals surface area contributed by atoms with Crippen LogP contribution in [0.15, 0.2) is 30.3 Å². The Bertz CT molecular complexity index is 288. The van der Waals surface area contributed by atoms with E-state index in [9.17, 15) is 0 Å². The molecule has 1 aliphatic rings. The van der Waals surface area contributed by atoms with Crippen LogP contribution in [-0.2, 0) is 4.84 Å². The minimum Gasteiger partial charge on any atom is -0.355 e. The molecule has 1 heterocycles. The van der Waals surface area contributed by atoms with Crippen molar-refractivity contribution in [2.75, 3.05) is 11.7 Å². The molecule has 0 saturated carbocycles. The molecule has 0 aromatic heterocycles. The van der Waals surface area contributed by atoms with Crippen molar-refractivity contribution in [2.45, 2.75) is 0 Å². The minimum absolute atomic E-state index is 0.568. The molecule has 0 bridgehead atoms. The first kappa shape index (κ1) is 7.52. The predicted molar refractivity (Wildman–Crippen MR) is 50.6 cm³/mol. The molecule has 1 fully saturated rings. The lowest BCUT2D eigenvalue weighted by molar-refractivity contribution is 0.280. The Morgan fingerprint density at radius 3 is 2.67 bits per heavy atom. The van der Waals surface area contributed by atoms with Gasteiger partial charge in [-0.3, -0.25) is 0 Å². The van der Waals surface area contributed by atoms with Gasteiger partial charge >= 0.3 is 0 Å². The van der Waals surface area contributed by atoms with Gasteiger partial charge in [-0.05, 0) is 24.4 Å². The predicted octanol–water partition coefficient (Wildman–Crippen LogP) is 1.27. The fourth-order valence-corrected chi connectivity index (χ4v) is 1.15. The molecule has 0 spiro atoms. The lowest BCUT2D eigenvalue weighted by Crippen LogP contribution is -2.28. The molecular weight excluding hydrogens is 172 g/mol. The van der Waals surface area contributed by atoms with Crippen LogP contribution in [0.4, 0.5) is 5.69 Å². The van der Waals surface area contributed by atoms with E-state index in [0.29, 0.717) is 11.6 Å². The summed E-state index contributed by atoms with van der Waals surface area (Å²) in [6.45, 7) is 0.601. The van der Waals surface area contributed by atoms with Crippen molar-refractivity contribution >= 4 is 23.0 Å². The van der Waals surface area contributed by atoms with Gasteiger partial charge in [-0.15, -0.1) is 5.17 Å². The summed E-state index contributed by atoms with van der Waals surface area (Å²) in [7, 11) is 0. The van der Waals surface area contributed by atoms with Gasteiger partial charge < -0.3 is 4.84 Å². The second-order valence-electron chi connectivity index (χ2n) is 2.43. The lowest BCUT2D eigenvalue weighted by atomic mass is 10.3. The molecule has 4 heteroatoms. The molecule has 0 atom stereocenters. The van der Waals surface area contributed by atoms with E-state index in [-0.39, 0.29) is 0 Å². The van der Waals surface area contributed by atoms with Gasteiger partial charge in [0.1, 0.15) is 0 Å². The zero-order valence-electron chi connectivity index (χ0n) is 6.36. The van der Waals surface area contributed by atoms with Crippen molar-refractivity contribution < 1.29 is 4.84 Å². The van der Waals surface area contributed by atoms with Gasteiger partial charge in [0.15, 0.2) is 0 Å². The van der Waals surface area contributed by atoms with Crippen molar-refractivity contribution in [1.29, 1.82) is 0 Å². The third kappa shape index (κ3) is 1.39. The van der Waals surface area contributed by atoms with E-state index in [1.807, 2.05) is 30.3 Å². The fourth-order valence-electron chi connectivity index (χ4n) is 1.01. The quantitative estimate of drug-likeness (QED) is 0.658. The van der Waals surface area contributed by atoms with Gasteiger partial charge in [-0.1, -0.05) is 18.2 Å². The molecule has 1 aliphatic heterocycles. The van der Waals surface area contributed by atoms with Crippen molar-refractivity contribution in [3.05, 3.63) is 30.3 Å². The zero-order chi connectivity index (χ0) is 8.39. The lowest BCUT2D eigenvalue weighted by Gasteiger charge is -2.14. The summed E-state index contributed by atoms with van der Waals surface area (Å²) in [5.41, 5.74) is 3.95. The van der Waals surface area contributed by atoms with E-state index in [4.69, 9.17) is 17.1 Å². The molecule has 62 valence electrons. The molecule has 1 N–H and O–H groups in total. The Balaban J connectivity index is 2.16. The Morgan fingerprint density at radius 2 is 2.08 bits per heavy atom. The number of hydrogen-bond acceptors (Lipinski definition) is 4. The molecule has 0 unspecified atom stereocenters. The molecule has 0 radical (unpaired) electrons. The molecule has 0 amide bonds. The average molecular weight is 180 g/mol. The summed E-state index contributed by atoms with van der Waals surface area (Å²) in [6.07, 6.45) is 0. The van der Waals surface area contributed by atoms with Crippen LogP contribution in [0, 0.1) is 0 Å². The maximum Gasteiger partial charge on any atom is 0.213 e. The van der Waals surface area contributed by atoms with E-state index in [2.05, 4.69) is 5.43 Å². The van der Waals surface area contributed by atoms with Gasteiger partial charge in [0.25, 0.3) is 0 Å². The van der Waals surface area contributed by atoms with E-state index in [0.717, 1.165) is 5.69 Å². The second kappa shape index (κ2) is 3.08. The third-order valence-corrected chi connectivity index (χ3v) is 1.77. The number of para-hydroxylation sites is 1. The highest BCUT2D eigenvalue weighted by Gasteiger charge is 2.17. The summed E-state index contributed by atoms with van der Waals surface area (Å²) >= 11 is 4.87. The highest BCUT2D eigenvalue weighted by atomic mass is 32.1. The molecule has 12 heavy (non-hydrogen) atoms. The molecule has 0 aliphatic carbocycles. The molecule has 2 rings (SSSR count). The standard InChI is InChI=1S/C8H8N2OS/c12-8-6-9-10(11-8)7-4-2-1-3-5-7/h1-5,9H,6H2. The van der Waals surface area contributed by atoms with Crippen molar-refractivity contribution in [1.82, 2.24) is 5.43 Å². The first-order valence-corrected chi connectivity index (χ1v) is 4.06. The van der Waals surface area contributed by atoms with Crippen LogP contribution in [0.1, 0.15) is 0 Å². The largest absolute Gasteiger partial charge is 0.355 e. The Hall–Kier alpha value is -1.13. The SMILES string of the molecule is S=C1CNN(c2ccccc2)O1. The summed E-state index contributed by atoms with van der Waals surface area (Å²) in [5, 5.41) is 2.14. The maximum absolute atomic E-state index is 5.20. The Morgan fingerprint density at radius 1 is 1.33 bits per heavy atom. The van der Waals surface area contributed by atoms with Crippen molar-refractivity contribution in [3.8, 4) is 0 Å². The summed E-state index contributed by atoms with van der Waals surface area (Å²) in [6, 6.07) is 9.74. The van der Waals surface area contributed by atoms with Crippen LogP contribution in [-0.4, -0.2) is 11.6 Å². The van der Waals surface area contributed by atoms with E-state index >= 15 is 0 Å². The van der Waals surface area contributed by atoms with E-state index in [1.54, 1.807) is 5.17 Å². The number of nitrogens with zero attached hydrogens (tertiary/aromatic N) is 1. The molecule has 1 aromatic rings. The number of hydrazine groups is 1. The highest BCUT2D eigenvalue weighted by Crippen LogP contribution is 2.13. The smallest absolute Gasteiger partial charge is 0.213 e. The number of benzene rings is 1. The van der Waals surface area contributed by atoms with Gasteiger partial charge in [0, 0.05) is 0 Å². The summed E-state index contributed by atoms with van der Waals surface area (Å²) in [4.78, 5) is 5.20. The van der Waals surface area contributed by atoms with Crippen LogP contribution < -0.4 is 10.6 Å². The molecular formula is C8H8N2OS. The first-order valence-electron chi connectivity index (χ1n) is 3.66. The molecule has 1 aromatic carbocycles. The van der Waals surface area contributed by atoms with Gasteiger partial charge in [0.05, 0.1) is 12.2 Å². The van der Waals surface area contributed by atoms with Gasteiger partial charge in [-0.25, -0.2) is 0 Å². The Kier molecular flexibility index (Phi) is 1.93. The summed E-state index contributed by atoms with van der Waals surface area (Å²) in [5.74, 6) is 0. The highest BCUT2D eigenvalue weighted by molar-refractivity contribution is 7.80. The summed E-state index contributed by atoms with van der Waals surface area (Å²) < 4.78 is 0. The van der Waals surface area contributed by atoms with Crippen LogP contribution in [0.2, 0.25) is 0 Å². The van der Waals surface area contributed by atoms with Gasteiger partial charge in [0.2, 0.25) is 5.05 Å². The van der Waals surface area contributed by atoms with Crippen LogP contribution in [0.5, 0.6) is 0 Å². The number of nitrogens with one attached hydrogen (secondary N) is 1. The normalized spacial score (nSPS) is 16.3. The van der Waals surface area contributed by atoms with E-state index in [1.165, 1.54) is 0 Å². The molecule has 3 nitrogen and oxygen atoms in total. The molecule has 1 saturated heterocycles. The zero-order valence-corrected chi connectivity index (χ0v) is 7.17. The van der Waals surface area contributed by atoms with Crippen LogP contribution >= 0.6 is 12.2 Å². The number of rotatable bonds is 1. The number of thiocarbonyl (C=S) groups is 1. The van der Waals surface area contributed by atoms with Gasteiger partial charge in [-0.2, -0.15) is 5.43 Å². The Labute approximate surface area is 75.9 Å². The fraction of sp³-hybridized carbons (Fsp3) is 0.125. The maximum atomic E-state index is 5.20. The minimum atomic E-state index is 0.568. The van der Waals surface area contributed by atoms with E-state index < -0.39 is 0 Å². The monoisotopic (exact) mass is 180 g/mol. The first-order chi connectivity index (χ1) is 5.86. The third-order valence-electron chi connectivity index (χ3n) is 1.55. The second-order valence-corrected chi connectivity index (χ2v) is 2.88. The number of hydrogen-bond donors (Lipinski definition) is 1. The number of anilines is 1. The van der Waals surface area contributed by atoms with Crippen molar-refractivity contribution in [2.24, 2.45) is 0 Å². The van der Waals surface area contributed by atoms with Crippen LogP contribution in [0.3, 0.4) is 0 Å². The average Bonchev–Trinajstić information content (AvgIpc) is 2.54. The van der Waals surface area contributed by atoms with Crippen molar-refractivity contribution in [3.63, 3.8) is 0 Å².